The molecule has 2 aromatic carbocycles. The van der Waals surface area contributed by atoms with Crippen molar-refractivity contribution in [3.63, 3.8) is 0 Å². The van der Waals surface area contributed by atoms with E-state index in [0.717, 1.165) is 5.56 Å². The fraction of sp³-hybridized carbons (Fsp3) is 0.0667. The summed E-state index contributed by atoms with van der Waals surface area (Å²) in [5.41, 5.74) is 1.57. The van der Waals surface area contributed by atoms with Crippen LogP contribution >= 0.6 is 0 Å². The molecule has 0 aromatic heterocycles. The van der Waals surface area contributed by atoms with Gasteiger partial charge in [0.2, 0.25) is 0 Å². The molecule has 2 rings (SSSR count). The maximum Gasteiger partial charge on any atom is 0.386 e. The summed E-state index contributed by atoms with van der Waals surface area (Å²) in [5.74, 6) is -1.41. The van der Waals surface area contributed by atoms with Gasteiger partial charge in [-0.05, 0) is 31.2 Å². The van der Waals surface area contributed by atoms with Gasteiger partial charge in [-0.2, -0.15) is 0 Å². The van der Waals surface area contributed by atoms with Gasteiger partial charge in [0.15, 0.2) is 0 Å². The summed E-state index contributed by atoms with van der Waals surface area (Å²) >= 11 is 0. The Balaban J connectivity index is 1.96. The molecule has 0 atom stereocenters. The van der Waals surface area contributed by atoms with Gasteiger partial charge in [0.05, 0.1) is 11.1 Å². The molecule has 0 aliphatic carbocycles. The van der Waals surface area contributed by atoms with Gasteiger partial charge in [-0.25, -0.2) is 19.4 Å². The zero-order chi connectivity index (χ0) is 13.7. The van der Waals surface area contributed by atoms with E-state index in [9.17, 15) is 9.59 Å². The second kappa shape index (κ2) is 5.82. The number of carbonyl (C=O) groups is 2. The van der Waals surface area contributed by atoms with Gasteiger partial charge in [0.25, 0.3) is 0 Å². The van der Waals surface area contributed by atoms with Gasteiger partial charge in [0, 0.05) is 0 Å². The predicted molar refractivity (Wildman–Crippen MR) is 68.5 cm³/mol. The molecule has 0 spiro atoms. The molecule has 0 aliphatic rings. The highest BCUT2D eigenvalue weighted by molar-refractivity contribution is 5.92. The minimum atomic E-state index is -0.707. The molecular weight excluding hydrogens is 244 g/mol. The highest BCUT2D eigenvalue weighted by Gasteiger charge is 2.13. The Morgan fingerprint density at radius 3 is 2.00 bits per heavy atom. The number of hydrogen-bond donors (Lipinski definition) is 0. The lowest BCUT2D eigenvalue weighted by Crippen LogP contribution is -2.11. The molecule has 0 aliphatic heterocycles. The number of rotatable bonds is 2. The normalized spacial score (nSPS) is 9.74. The molecule has 4 nitrogen and oxygen atoms in total. The Hall–Kier alpha value is -2.62. The fourth-order valence-electron chi connectivity index (χ4n) is 1.52. The topological polar surface area (TPSA) is 52.6 Å². The van der Waals surface area contributed by atoms with Crippen LogP contribution in [-0.4, -0.2) is 11.9 Å². The zero-order valence-electron chi connectivity index (χ0n) is 10.3. The molecule has 0 N–H and O–H groups in total. The summed E-state index contributed by atoms with van der Waals surface area (Å²) in [4.78, 5) is 32.2. The van der Waals surface area contributed by atoms with E-state index >= 15 is 0 Å². The highest BCUT2D eigenvalue weighted by atomic mass is 17.2. The molecule has 2 aromatic rings. The molecule has 0 amide bonds. The predicted octanol–water partition coefficient (Wildman–Crippen LogP) is 2.92. The van der Waals surface area contributed by atoms with Crippen molar-refractivity contribution >= 4 is 11.9 Å². The van der Waals surface area contributed by atoms with Gasteiger partial charge in [0.1, 0.15) is 0 Å². The quantitative estimate of drug-likeness (QED) is 0.612. The van der Waals surface area contributed by atoms with Gasteiger partial charge < -0.3 is 0 Å². The number of benzene rings is 2. The second-order valence-corrected chi connectivity index (χ2v) is 3.98. The molecule has 0 saturated heterocycles. The maximum atomic E-state index is 11.6. The third kappa shape index (κ3) is 3.42. The highest BCUT2D eigenvalue weighted by Crippen LogP contribution is 2.07. The van der Waals surface area contributed by atoms with Crippen molar-refractivity contribution in [2.24, 2.45) is 0 Å². The van der Waals surface area contributed by atoms with Crippen molar-refractivity contribution in [1.29, 1.82) is 0 Å². The standard InChI is InChI=1S/C15H12O4/c1-11-6-5-9-13(10-11)15(17)19-18-14(16)12-7-3-2-4-8-12/h2-10H,1H3. The zero-order valence-corrected chi connectivity index (χ0v) is 10.3. The van der Waals surface area contributed by atoms with Crippen LogP contribution in [0, 0.1) is 6.92 Å². The Labute approximate surface area is 110 Å². The average Bonchev–Trinajstić information content (AvgIpc) is 2.45. The molecule has 96 valence electrons. The smallest absolute Gasteiger partial charge is 0.242 e. The molecule has 0 radical (unpaired) electrons. The number of aryl methyl sites for hydroxylation is 1. The maximum absolute atomic E-state index is 11.6. The Morgan fingerprint density at radius 2 is 1.37 bits per heavy atom. The fourth-order valence-corrected chi connectivity index (χ4v) is 1.52. The first-order valence-corrected chi connectivity index (χ1v) is 5.72. The Kier molecular flexibility index (Phi) is 3.93. The van der Waals surface area contributed by atoms with E-state index in [1.165, 1.54) is 0 Å². The van der Waals surface area contributed by atoms with Crippen molar-refractivity contribution in [2.45, 2.75) is 6.92 Å². The van der Waals surface area contributed by atoms with E-state index in [4.69, 9.17) is 0 Å². The summed E-state index contributed by atoms with van der Waals surface area (Å²) in [7, 11) is 0. The first-order chi connectivity index (χ1) is 9.16. The van der Waals surface area contributed by atoms with E-state index < -0.39 is 11.9 Å². The van der Waals surface area contributed by atoms with Crippen LogP contribution in [0.3, 0.4) is 0 Å². The van der Waals surface area contributed by atoms with Gasteiger partial charge in [-0.3, -0.25) is 0 Å². The van der Waals surface area contributed by atoms with Crippen molar-refractivity contribution in [2.75, 3.05) is 0 Å². The van der Waals surface area contributed by atoms with Crippen molar-refractivity contribution in [3.8, 4) is 0 Å². The third-order valence-electron chi connectivity index (χ3n) is 2.46. The average molecular weight is 256 g/mol. The van der Waals surface area contributed by atoms with Gasteiger partial charge in [-0.1, -0.05) is 35.9 Å². The van der Waals surface area contributed by atoms with Crippen LogP contribution in [0.15, 0.2) is 54.6 Å². The number of hydrogen-bond acceptors (Lipinski definition) is 4. The summed E-state index contributed by atoms with van der Waals surface area (Å²) in [6.45, 7) is 1.85. The Bertz CT molecular complexity index is 590. The summed E-state index contributed by atoms with van der Waals surface area (Å²) in [5, 5.41) is 0. The molecule has 0 bridgehead atoms. The molecule has 0 fully saturated rings. The second-order valence-electron chi connectivity index (χ2n) is 3.98. The van der Waals surface area contributed by atoms with E-state index in [-0.39, 0.29) is 0 Å². The van der Waals surface area contributed by atoms with E-state index in [1.54, 1.807) is 48.5 Å². The van der Waals surface area contributed by atoms with Crippen LogP contribution in [0.4, 0.5) is 0 Å². The molecule has 0 heterocycles. The summed E-state index contributed by atoms with van der Waals surface area (Å²) < 4.78 is 0. The molecule has 4 heteroatoms. The lowest BCUT2D eigenvalue weighted by atomic mass is 10.1. The number of carbonyl (C=O) groups excluding carboxylic acids is 2. The van der Waals surface area contributed by atoms with Crippen LogP contribution in [0.5, 0.6) is 0 Å². The van der Waals surface area contributed by atoms with E-state index in [1.807, 2.05) is 13.0 Å². The monoisotopic (exact) mass is 256 g/mol. The van der Waals surface area contributed by atoms with Crippen molar-refractivity contribution < 1.29 is 19.4 Å². The molecule has 0 unspecified atom stereocenters. The minimum absolute atomic E-state index is 0.319. The summed E-state index contributed by atoms with van der Waals surface area (Å²) in [6.07, 6.45) is 0. The van der Waals surface area contributed by atoms with E-state index in [2.05, 4.69) is 9.78 Å². The van der Waals surface area contributed by atoms with Crippen LogP contribution in [-0.2, 0) is 9.78 Å². The molecule has 0 saturated carbocycles. The summed E-state index contributed by atoms with van der Waals surface area (Å²) in [6, 6.07) is 15.1. The first-order valence-electron chi connectivity index (χ1n) is 5.72. The molecular formula is C15H12O4. The lowest BCUT2D eigenvalue weighted by molar-refractivity contribution is -0.187. The minimum Gasteiger partial charge on any atom is -0.242 e. The Morgan fingerprint density at radius 1 is 0.789 bits per heavy atom. The lowest BCUT2D eigenvalue weighted by Gasteiger charge is -2.03. The van der Waals surface area contributed by atoms with Crippen LogP contribution < -0.4 is 0 Å². The van der Waals surface area contributed by atoms with Crippen molar-refractivity contribution in [3.05, 3.63) is 71.3 Å². The van der Waals surface area contributed by atoms with Crippen LogP contribution in [0.1, 0.15) is 26.3 Å². The third-order valence-corrected chi connectivity index (χ3v) is 2.46. The van der Waals surface area contributed by atoms with Crippen LogP contribution in [0.25, 0.3) is 0 Å². The van der Waals surface area contributed by atoms with Crippen LogP contribution in [0.2, 0.25) is 0 Å². The molecule has 19 heavy (non-hydrogen) atoms. The largest absolute Gasteiger partial charge is 0.386 e. The van der Waals surface area contributed by atoms with Crippen molar-refractivity contribution in [1.82, 2.24) is 0 Å². The van der Waals surface area contributed by atoms with Gasteiger partial charge in [-0.15, -0.1) is 0 Å². The van der Waals surface area contributed by atoms with Gasteiger partial charge >= 0.3 is 11.9 Å². The first kappa shape index (κ1) is 12.8. The SMILES string of the molecule is Cc1cccc(C(=O)OOC(=O)c2ccccc2)c1. The van der Waals surface area contributed by atoms with E-state index in [0.29, 0.717) is 11.1 Å².